The maximum absolute atomic E-state index is 12.4. The first-order valence-corrected chi connectivity index (χ1v) is 9.70. The van der Waals surface area contributed by atoms with Crippen molar-refractivity contribution in [3.05, 3.63) is 11.6 Å². The second-order valence-electron chi connectivity index (χ2n) is 8.49. The summed E-state index contributed by atoms with van der Waals surface area (Å²) in [4.78, 5) is 24.4. The van der Waals surface area contributed by atoms with Crippen molar-refractivity contribution in [1.29, 1.82) is 0 Å². The molecule has 0 N–H and O–H groups in total. The summed E-state index contributed by atoms with van der Waals surface area (Å²) in [7, 11) is 0. The van der Waals surface area contributed by atoms with Gasteiger partial charge in [-0.05, 0) is 67.8 Å². The van der Waals surface area contributed by atoms with Gasteiger partial charge >= 0.3 is 0 Å². The summed E-state index contributed by atoms with van der Waals surface area (Å²) in [6, 6.07) is 0. The highest BCUT2D eigenvalue weighted by atomic mass is 79.9. The molecule has 4 aliphatic carbocycles. The van der Waals surface area contributed by atoms with Gasteiger partial charge in [-0.1, -0.05) is 35.4 Å². The molecule has 6 atom stereocenters. The smallest absolute Gasteiger partial charge is 0.169 e. The van der Waals surface area contributed by atoms with E-state index in [2.05, 4.69) is 29.8 Å². The lowest BCUT2D eigenvalue weighted by Gasteiger charge is -2.57. The minimum Gasteiger partial charge on any atom is -0.299 e. The molecule has 0 aliphatic heterocycles. The zero-order valence-electron chi connectivity index (χ0n) is 13.5. The number of halogens is 1. The summed E-state index contributed by atoms with van der Waals surface area (Å²) in [5, 5.41) is 0. The molecular formula is C19H25BrO2. The number of hydrogen-bond donors (Lipinski definition) is 0. The van der Waals surface area contributed by atoms with Gasteiger partial charge in [0.2, 0.25) is 0 Å². The molecule has 22 heavy (non-hydrogen) atoms. The average Bonchev–Trinajstić information content (AvgIpc) is 2.77. The van der Waals surface area contributed by atoms with E-state index in [1.807, 2.05) is 6.08 Å². The molecular weight excluding hydrogens is 340 g/mol. The monoisotopic (exact) mass is 364 g/mol. The molecule has 4 rings (SSSR count). The van der Waals surface area contributed by atoms with Crippen LogP contribution in [0.5, 0.6) is 0 Å². The lowest BCUT2D eigenvalue weighted by Crippen LogP contribution is -2.51. The van der Waals surface area contributed by atoms with Gasteiger partial charge in [-0.2, -0.15) is 0 Å². The van der Waals surface area contributed by atoms with Crippen molar-refractivity contribution in [3.8, 4) is 0 Å². The third kappa shape index (κ3) is 1.84. The van der Waals surface area contributed by atoms with Crippen molar-refractivity contribution in [2.24, 2.45) is 28.6 Å². The third-order valence-corrected chi connectivity index (χ3v) is 8.45. The maximum atomic E-state index is 12.4. The first kappa shape index (κ1) is 15.1. The number of hydrogen-bond acceptors (Lipinski definition) is 2. The van der Waals surface area contributed by atoms with Gasteiger partial charge in [0.25, 0.3) is 0 Å². The Morgan fingerprint density at radius 1 is 1.05 bits per heavy atom. The van der Waals surface area contributed by atoms with Gasteiger partial charge < -0.3 is 0 Å². The molecule has 4 aliphatic rings. The summed E-state index contributed by atoms with van der Waals surface area (Å²) in [6.07, 6.45) is 9.23. The van der Waals surface area contributed by atoms with E-state index in [4.69, 9.17) is 0 Å². The Hall–Kier alpha value is -0.440. The van der Waals surface area contributed by atoms with Crippen LogP contribution in [0.4, 0.5) is 0 Å². The fourth-order valence-electron chi connectivity index (χ4n) is 6.35. The molecule has 3 saturated carbocycles. The van der Waals surface area contributed by atoms with Crippen molar-refractivity contribution in [1.82, 2.24) is 0 Å². The second-order valence-corrected chi connectivity index (χ2v) is 9.60. The van der Waals surface area contributed by atoms with E-state index in [0.29, 0.717) is 23.5 Å². The van der Waals surface area contributed by atoms with E-state index < -0.39 is 0 Å². The summed E-state index contributed by atoms with van der Waals surface area (Å²) < 4.78 is 0. The van der Waals surface area contributed by atoms with Crippen molar-refractivity contribution in [3.63, 3.8) is 0 Å². The Kier molecular flexibility index (Phi) is 3.28. The third-order valence-electron chi connectivity index (χ3n) is 7.67. The molecule has 0 bridgehead atoms. The zero-order chi connectivity index (χ0) is 15.7. The van der Waals surface area contributed by atoms with Gasteiger partial charge in [-0.15, -0.1) is 0 Å². The zero-order valence-corrected chi connectivity index (χ0v) is 15.1. The van der Waals surface area contributed by atoms with Crippen LogP contribution >= 0.6 is 15.9 Å². The first-order valence-electron chi connectivity index (χ1n) is 8.78. The van der Waals surface area contributed by atoms with Crippen LogP contribution in [0.15, 0.2) is 11.6 Å². The van der Waals surface area contributed by atoms with E-state index in [1.54, 1.807) is 0 Å². The van der Waals surface area contributed by atoms with Crippen molar-refractivity contribution >= 4 is 27.5 Å². The van der Waals surface area contributed by atoms with Crippen LogP contribution in [0.25, 0.3) is 0 Å². The highest BCUT2D eigenvalue weighted by Crippen LogP contribution is 2.64. The molecule has 2 nitrogen and oxygen atoms in total. The summed E-state index contributed by atoms with van der Waals surface area (Å²) in [6.45, 7) is 4.62. The molecule has 0 aromatic rings. The Bertz CT molecular complexity index is 580. The molecule has 0 aromatic carbocycles. The van der Waals surface area contributed by atoms with E-state index in [0.717, 1.165) is 38.5 Å². The van der Waals surface area contributed by atoms with Gasteiger partial charge in [0, 0.05) is 11.8 Å². The highest BCUT2D eigenvalue weighted by molar-refractivity contribution is 9.10. The van der Waals surface area contributed by atoms with Gasteiger partial charge in [-0.25, -0.2) is 0 Å². The first-order chi connectivity index (χ1) is 10.4. The quantitative estimate of drug-likeness (QED) is 0.594. The Morgan fingerprint density at radius 3 is 2.55 bits per heavy atom. The minimum atomic E-state index is -0.0446. The fourth-order valence-corrected chi connectivity index (χ4v) is 7.16. The lowest BCUT2D eigenvalue weighted by molar-refractivity contribution is -0.132. The predicted octanol–water partition coefficient (Wildman–Crippen LogP) is 4.46. The maximum Gasteiger partial charge on any atom is 0.169 e. The molecule has 0 amide bonds. The van der Waals surface area contributed by atoms with Gasteiger partial charge in [0.1, 0.15) is 5.78 Å². The normalized spacial score (nSPS) is 51.0. The Balaban J connectivity index is 1.71. The second kappa shape index (κ2) is 4.78. The Labute approximate surface area is 141 Å². The van der Waals surface area contributed by atoms with Crippen molar-refractivity contribution < 1.29 is 9.59 Å². The fraction of sp³-hybridized carbons (Fsp3) is 0.789. The number of carbonyl (C=O) groups is 2. The molecule has 0 saturated heterocycles. The molecule has 120 valence electrons. The van der Waals surface area contributed by atoms with Gasteiger partial charge in [-0.3, -0.25) is 9.59 Å². The highest BCUT2D eigenvalue weighted by Gasteiger charge is 2.59. The van der Waals surface area contributed by atoms with Crippen molar-refractivity contribution in [2.75, 3.05) is 0 Å². The molecule has 0 heterocycles. The number of ketones is 2. The molecule has 3 fully saturated rings. The summed E-state index contributed by atoms with van der Waals surface area (Å²) >= 11 is 3.60. The number of fused-ring (bicyclic) bond motifs is 5. The van der Waals surface area contributed by atoms with Crippen LogP contribution in [0.1, 0.15) is 58.8 Å². The van der Waals surface area contributed by atoms with Crippen LogP contribution in [-0.2, 0) is 9.59 Å². The van der Waals surface area contributed by atoms with Crippen LogP contribution in [0.2, 0.25) is 0 Å². The molecule has 0 aromatic heterocycles. The molecule has 0 radical (unpaired) electrons. The molecule has 1 unspecified atom stereocenters. The molecule has 0 spiro atoms. The topological polar surface area (TPSA) is 34.1 Å². The number of carbonyl (C=O) groups excluding carboxylic acids is 2. The molecule has 3 heteroatoms. The number of allylic oxidation sites excluding steroid dienone is 1. The van der Waals surface area contributed by atoms with Crippen LogP contribution in [-0.4, -0.2) is 16.4 Å². The SMILES string of the molecule is C[C@]12CC(Br)C(=O)C=C1CC[C@@H]1[C@@H]2CC[C@]2(C)C(=O)CC[C@@H]12. The lowest BCUT2D eigenvalue weighted by atomic mass is 9.47. The standard InChI is InChI=1S/C19H25BrO2/c1-18-8-7-14-12(13(18)5-6-17(18)22)4-3-11-9-16(21)15(20)10-19(11,14)2/h9,12-15H,3-8,10H2,1-2H3/t12-,13-,14-,15?,18-,19-/m0/s1. The Morgan fingerprint density at radius 2 is 1.77 bits per heavy atom. The number of rotatable bonds is 0. The van der Waals surface area contributed by atoms with E-state index in [-0.39, 0.29) is 21.4 Å². The summed E-state index contributed by atoms with van der Waals surface area (Å²) in [5.41, 5.74) is 1.51. The van der Waals surface area contributed by atoms with E-state index in [9.17, 15) is 9.59 Å². The van der Waals surface area contributed by atoms with E-state index >= 15 is 0 Å². The minimum absolute atomic E-state index is 0.0153. The predicted molar refractivity (Wildman–Crippen MR) is 89.8 cm³/mol. The average molecular weight is 365 g/mol. The van der Waals surface area contributed by atoms with Crippen LogP contribution in [0, 0.1) is 28.6 Å². The van der Waals surface area contributed by atoms with E-state index in [1.165, 1.54) is 12.0 Å². The number of alkyl halides is 1. The number of Topliss-reactive ketones (excluding diaryl/α,β-unsaturated/α-hetero) is 1. The largest absolute Gasteiger partial charge is 0.299 e. The summed E-state index contributed by atoms with van der Waals surface area (Å²) in [5.74, 6) is 2.69. The van der Waals surface area contributed by atoms with Gasteiger partial charge in [0.15, 0.2) is 5.78 Å². The van der Waals surface area contributed by atoms with Crippen molar-refractivity contribution in [2.45, 2.75) is 63.6 Å². The van der Waals surface area contributed by atoms with Crippen LogP contribution < -0.4 is 0 Å². The van der Waals surface area contributed by atoms with Crippen LogP contribution in [0.3, 0.4) is 0 Å². The van der Waals surface area contributed by atoms with Gasteiger partial charge in [0.05, 0.1) is 4.83 Å².